The fourth-order valence-electron chi connectivity index (χ4n) is 7.65. The van der Waals surface area contributed by atoms with Crippen molar-refractivity contribution < 1.29 is 8.83 Å². The van der Waals surface area contributed by atoms with Crippen molar-refractivity contribution in [3.05, 3.63) is 121 Å². The summed E-state index contributed by atoms with van der Waals surface area (Å²) < 4.78 is 12.6. The zero-order valence-electron chi connectivity index (χ0n) is 30.2. The van der Waals surface area contributed by atoms with Crippen LogP contribution in [0.4, 0.5) is 0 Å². The molecule has 0 saturated heterocycles. The molecule has 0 saturated carbocycles. The molecule has 14 radical (unpaired) electrons. The van der Waals surface area contributed by atoms with E-state index in [9.17, 15) is 0 Å². The summed E-state index contributed by atoms with van der Waals surface area (Å²) in [5, 5.41) is 2.69. The minimum atomic E-state index is 0.109. The summed E-state index contributed by atoms with van der Waals surface area (Å²) in [5.41, 5.74) is 8.73. The molecule has 0 atom stereocenters. The second kappa shape index (κ2) is 13.4. The Bertz CT molecular complexity index is 3270. The number of nitrogens with zero attached hydrogens (tertiary/aromatic N) is 3. The first-order valence-electron chi connectivity index (χ1n) is 18.1. The quantitative estimate of drug-likeness (QED) is 0.256. The van der Waals surface area contributed by atoms with Crippen molar-refractivity contribution >= 4 is 137 Å². The van der Waals surface area contributed by atoms with Gasteiger partial charge in [-0.25, -0.2) is 15.0 Å². The third-order valence-corrected chi connectivity index (χ3v) is 10.6. The van der Waals surface area contributed by atoms with Crippen molar-refractivity contribution in [2.24, 2.45) is 0 Å². The second-order valence-electron chi connectivity index (χ2n) is 13.9. The Morgan fingerprint density at radius 1 is 0.351 bits per heavy atom. The highest BCUT2D eigenvalue weighted by Gasteiger charge is 2.23. The SMILES string of the molecule is [B]c1c([B])c([B])c2c(oc3c(-c4cccc(-c5nc(-c6ccc(-c7ccccc7)cc6)nc(-c6cccc7oc8ccccc8c67)n5)c4)c([B])c([B])c([B])c32)c1[B]. The molecule has 248 valence electrons. The normalized spacial score (nSPS) is 11.6. The van der Waals surface area contributed by atoms with Gasteiger partial charge >= 0.3 is 0 Å². The van der Waals surface area contributed by atoms with Crippen LogP contribution in [0, 0.1) is 0 Å². The summed E-state index contributed by atoms with van der Waals surface area (Å²) in [6.07, 6.45) is 0. The van der Waals surface area contributed by atoms with E-state index in [1.807, 2.05) is 97.1 Å². The van der Waals surface area contributed by atoms with Gasteiger partial charge in [-0.2, -0.15) is 0 Å². The molecule has 7 aromatic carbocycles. The first-order valence-corrected chi connectivity index (χ1v) is 18.1. The lowest BCUT2D eigenvalue weighted by Gasteiger charge is -2.16. The molecule has 57 heavy (non-hydrogen) atoms. The third-order valence-electron chi connectivity index (χ3n) is 10.6. The number of benzene rings is 7. The minimum Gasteiger partial charge on any atom is -0.456 e. The van der Waals surface area contributed by atoms with Gasteiger partial charge in [-0.05, 0) is 34.9 Å². The van der Waals surface area contributed by atoms with Crippen LogP contribution in [0.25, 0.3) is 100 Å². The number of aromatic nitrogens is 3. The van der Waals surface area contributed by atoms with E-state index in [1.165, 1.54) is 0 Å². The zero-order chi connectivity index (χ0) is 39.1. The number of para-hydroxylation sites is 1. The van der Waals surface area contributed by atoms with E-state index in [2.05, 4.69) is 24.3 Å². The molecule has 0 bridgehead atoms. The van der Waals surface area contributed by atoms with Gasteiger partial charge in [0.1, 0.15) is 77.3 Å². The summed E-state index contributed by atoms with van der Waals surface area (Å²) >= 11 is 0. The van der Waals surface area contributed by atoms with Gasteiger partial charge in [0.15, 0.2) is 17.5 Å². The third kappa shape index (κ3) is 5.53. The second-order valence-corrected chi connectivity index (χ2v) is 13.9. The van der Waals surface area contributed by atoms with E-state index in [1.54, 1.807) is 0 Å². The summed E-state index contributed by atoms with van der Waals surface area (Å²) in [4.78, 5) is 15.2. The van der Waals surface area contributed by atoms with E-state index < -0.39 is 0 Å². The number of rotatable bonds is 5. The molecule has 3 heterocycles. The topological polar surface area (TPSA) is 65.0 Å². The van der Waals surface area contributed by atoms with Crippen LogP contribution >= 0.6 is 0 Å². The highest BCUT2D eigenvalue weighted by atomic mass is 16.3. The van der Waals surface area contributed by atoms with Crippen molar-refractivity contribution in [2.45, 2.75) is 0 Å². The van der Waals surface area contributed by atoms with E-state index in [4.69, 9.17) is 78.7 Å². The Morgan fingerprint density at radius 3 is 1.67 bits per heavy atom. The standard InChI is InChI=1S/C45H20B7N3O2/c46-34-30(41-32(35(47)37(34)49)33-36(48)38(50)39(51)40(52)42(33)57-41)24-10-6-11-25(20-24)44-53-43(23-18-16-22(17-19-23)21-8-2-1-3-9-21)54-45(55-44)27-13-7-15-29-31(27)26-12-4-5-14-28(26)56-29/h1-20H. The lowest BCUT2D eigenvalue weighted by Crippen LogP contribution is -2.47. The smallest absolute Gasteiger partial charge is 0.164 e. The van der Waals surface area contributed by atoms with Gasteiger partial charge < -0.3 is 8.83 Å². The average Bonchev–Trinajstić information content (AvgIpc) is 3.84. The van der Waals surface area contributed by atoms with Gasteiger partial charge in [-0.1, -0.05) is 125 Å². The van der Waals surface area contributed by atoms with E-state index in [0.717, 1.165) is 44.2 Å². The van der Waals surface area contributed by atoms with Crippen molar-refractivity contribution in [3.8, 4) is 56.4 Å². The zero-order valence-corrected chi connectivity index (χ0v) is 30.2. The lowest BCUT2D eigenvalue weighted by molar-refractivity contribution is 0.669. The molecule has 0 unspecified atom stereocenters. The fraction of sp³-hybridized carbons (Fsp3) is 0. The Labute approximate surface area is 337 Å². The lowest BCUT2D eigenvalue weighted by atomic mass is 9.64. The summed E-state index contributed by atoms with van der Waals surface area (Å²) in [5.74, 6) is 1.38. The largest absolute Gasteiger partial charge is 0.456 e. The summed E-state index contributed by atoms with van der Waals surface area (Å²) in [6.45, 7) is 0. The van der Waals surface area contributed by atoms with Crippen LogP contribution < -0.4 is 38.2 Å². The molecule has 10 aromatic rings. The summed E-state index contributed by atoms with van der Waals surface area (Å²) in [6, 6.07) is 39.7. The first kappa shape index (κ1) is 35.0. The highest BCUT2D eigenvalue weighted by Crippen LogP contribution is 2.38. The molecule has 0 spiro atoms. The van der Waals surface area contributed by atoms with Gasteiger partial charge in [0.05, 0.1) is 0 Å². The molecule has 5 nitrogen and oxygen atoms in total. The molecule has 0 aliphatic carbocycles. The Kier molecular flexibility index (Phi) is 8.22. The monoisotopic (exact) mass is 711 g/mol. The maximum absolute atomic E-state index is 6.74. The van der Waals surface area contributed by atoms with Gasteiger partial charge in [0.2, 0.25) is 0 Å². The maximum Gasteiger partial charge on any atom is 0.164 e. The van der Waals surface area contributed by atoms with Gasteiger partial charge in [-0.15, -0.1) is 16.4 Å². The maximum atomic E-state index is 6.74. The predicted octanol–water partition coefficient (Wildman–Crippen LogP) is 3.56. The molecular formula is C45H20B7N3O2. The molecular weight excluding hydrogens is 690 g/mol. The number of hydrogen-bond donors (Lipinski definition) is 0. The molecule has 0 amide bonds. The summed E-state index contributed by atoms with van der Waals surface area (Å²) in [7, 11) is 45.2. The first-order chi connectivity index (χ1) is 27.7. The van der Waals surface area contributed by atoms with Crippen molar-refractivity contribution in [2.75, 3.05) is 0 Å². The fourth-order valence-corrected chi connectivity index (χ4v) is 7.65. The predicted molar refractivity (Wildman–Crippen MR) is 239 cm³/mol. The molecule has 0 aliphatic rings. The Hall–Kier alpha value is -6.40. The number of hydrogen-bond acceptors (Lipinski definition) is 5. The van der Waals surface area contributed by atoms with E-state index >= 15 is 0 Å². The van der Waals surface area contributed by atoms with Crippen molar-refractivity contribution in [3.63, 3.8) is 0 Å². The van der Waals surface area contributed by atoms with E-state index in [-0.39, 0.29) is 43.8 Å². The van der Waals surface area contributed by atoms with Crippen LogP contribution in [-0.4, -0.2) is 69.9 Å². The van der Waals surface area contributed by atoms with Gasteiger partial charge in [0.25, 0.3) is 0 Å². The van der Waals surface area contributed by atoms with Crippen LogP contribution in [0.3, 0.4) is 0 Å². The molecule has 0 N–H and O–H groups in total. The molecule has 12 heteroatoms. The molecule has 3 aromatic heterocycles. The van der Waals surface area contributed by atoms with Crippen LogP contribution in [0.2, 0.25) is 0 Å². The van der Waals surface area contributed by atoms with Crippen molar-refractivity contribution in [1.82, 2.24) is 15.0 Å². The number of furan rings is 2. The Morgan fingerprint density at radius 2 is 0.895 bits per heavy atom. The number of fused-ring (bicyclic) bond motifs is 6. The van der Waals surface area contributed by atoms with Crippen LogP contribution in [0.15, 0.2) is 130 Å². The molecule has 0 aliphatic heterocycles. The highest BCUT2D eigenvalue weighted by molar-refractivity contribution is 6.69. The van der Waals surface area contributed by atoms with Crippen LogP contribution in [0.1, 0.15) is 0 Å². The average molecular weight is 710 g/mol. The van der Waals surface area contributed by atoms with Crippen LogP contribution in [-0.2, 0) is 0 Å². The van der Waals surface area contributed by atoms with Crippen molar-refractivity contribution in [1.29, 1.82) is 0 Å². The minimum absolute atomic E-state index is 0.109. The van der Waals surface area contributed by atoms with Gasteiger partial charge in [0, 0.05) is 43.8 Å². The van der Waals surface area contributed by atoms with Gasteiger partial charge in [-0.3, -0.25) is 0 Å². The Balaban J connectivity index is 1.19. The molecule has 10 rings (SSSR count). The van der Waals surface area contributed by atoms with Crippen LogP contribution in [0.5, 0.6) is 0 Å². The molecule has 0 fully saturated rings. The van der Waals surface area contributed by atoms with E-state index in [0.29, 0.717) is 50.5 Å².